The summed E-state index contributed by atoms with van der Waals surface area (Å²) < 4.78 is 0. The third-order valence-electron chi connectivity index (χ3n) is 3.76. The summed E-state index contributed by atoms with van der Waals surface area (Å²) in [6.45, 7) is 2.10. The third kappa shape index (κ3) is 2.65. The summed E-state index contributed by atoms with van der Waals surface area (Å²) in [7, 11) is 0. The van der Waals surface area contributed by atoms with Gasteiger partial charge in [-0.05, 0) is 54.8 Å². The van der Waals surface area contributed by atoms with Gasteiger partial charge in [-0.15, -0.1) is 0 Å². The molecule has 3 rings (SSSR count). The number of fused-ring (bicyclic) bond motifs is 1. The number of rotatable bonds is 4. The minimum Gasteiger partial charge on any atom is -0.361 e. The largest absolute Gasteiger partial charge is 0.361 e. The number of aromatic amines is 1. The molecule has 2 N–H and O–H groups in total. The average molecular weight is 240 g/mol. The quantitative estimate of drug-likeness (QED) is 0.785. The van der Waals surface area contributed by atoms with Crippen LogP contribution in [0.15, 0.2) is 42.6 Å². The smallest absolute Gasteiger partial charge is 0.0457 e. The van der Waals surface area contributed by atoms with Crippen molar-refractivity contribution in [2.24, 2.45) is 5.92 Å². The Morgan fingerprint density at radius 2 is 2.22 bits per heavy atom. The van der Waals surface area contributed by atoms with Crippen molar-refractivity contribution in [3.8, 4) is 0 Å². The van der Waals surface area contributed by atoms with Crippen molar-refractivity contribution in [2.45, 2.75) is 25.8 Å². The molecule has 0 amide bonds. The topological polar surface area (TPSA) is 27.8 Å². The van der Waals surface area contributed by atoms with E-state index in [-0.39, 0.29) is 0 Å². The molecule has 1 aromatic carbocycles. The Kier molecular flexibility index (Phi) is 3.47. The predicted molar refractivity (Wildman–Crippen MR) is 76.5 cm³/mol. The fourth-order valence-electron chi connectivity index (χ4n) is 2.67. The molecule has 0 saturated heterocycles. The molecule has 0 bridgehead atoms. The van der Waals surface area contributed by atoms with Crippen LogP contribution in [0.1, 0.15) is 24.8 Å². The maximum atomic E-state index is 3.58. The van der Waals surface area contributed by atoms with Gasteiger partial charge in [0.2, 0.25) is 0 Å². The Bertz CT molecular complexity index is 539. The van der Waals surface area contributed by atoms with E-state index in [1.165, 1.54) is 35.7 Å². The van der Waals surface area contributed by atoms with E-state index in [9.17, 15) is 0 Å². The average Bonchev–Trinajstić information content (AvgIpc) is 2.87. The van der Waals surface area contributed by atoms with Gasteiger partial charge in [0.1, 0.15) is 0 Å². The number of benzene rings is 1. The van der Waals surface area contributed by atoms with E-state index in [0.717, 1.165) is 19.0 Å². The molecule has 0 aliphatic heterocycles. The lowest BCUT2D eigenvalue weighted by Gasteiger charge is -2.18. The van der Waals surface area contributed by atoms with Crippen LogP contribution < -0.4 is 5.32 Å². The van der Waals surface area contributed by atoms with Crippen LogP contribution in [0.25, 0.3) is 10.9 Å². The monoisotopic (exact) mass is 240 g/mol. The summed E-state index contributed by atoms with van der Waals surface area (Å²) in [5, 5.41) is 4.87. The van der Waals surface area contributed by atoms with Gasteiger partial charge in [-0.2, -0.15) is 0 Å². The molecule has 1 aromatic heterocycles. The van der Waals surface area contributed by atoms with Crippen LogP contribution in [0.4, 0.5) is 0 Å². The highest BCUT2D eigenvalue weighted by atomic mass is 14.9. The zero-order valence-electron chi connectivity index (χ0n) is 10.7. The number of aromatic nitrogens is 1. The van der Waals surface area contributed by atoms with Gasteiger partial charge in [-0.1, -0.05) is 24.3 Å². The summed E-state index contributed by atoms with van der Waals surface area (Å²) in [6.07, 6.45) is 10.4. The Labute approximate surface area is 108 Å². The molecule has 2 aromatic rings. The highest BCUT2D eigenvalue weighted by molar-refractivity contribution is 5.79. The first-order valence-electron chi connectivity index (χ1n) is 6.83. The van der Waals surface area contributed by atoms with Gasteiger partial charge < -0.3 is 10.3 Å². The van der Waals surface area contributed by atoms with Crippen LogP contribution in [0, 0.1) is 5.92 Å². The first kappa shape index (κ1) is 11.5. The fraction of sp³-hybridized carbons (Fsp3) is 0.375. The van der Waals surface area contributed by atoms with Crippen molar-refractivity contribution >= 4 is 10.9 Å². The van der Waals surface area contributed by atoms with Crippen molar-refractivity contribution in [1.29, 1.82) is 0 Å². The second-order valence-electron chi connectivity index (χ2n) is 5.18. The summed E-state index contributed by atoms with van der Waals surface area (Å²) in [5.41, 5.74) is 2.59. The Balaban J connectivity index is 1.54. The van der Waals surface area contributed by atoms with Crippen LogP contribution in [0.3, 0.4) is 0 Å². The molecule has 94 valence electrons. The summed E-state index contributed by atoms with van der Waals surface area (Å²) in [4.78, 5) is 3.26. The SMILES string of the molecule is C1=CCC(CNCc2ccc3cc[nH]c3c2)CC1. The predicted octanol–water partition coefficient (Wildman–Crippen LogP) is 3.61. The highest BCUT2D eigenvalue weighted by Crippen LogP contribution is 2.17. The second-order valence-corrected chi connectivity index (χ2v) is 5.18. The molecule has 0 radical (unpaired) electrons. The lowest BCUT2D eigenvalue weighted by Crippen LogP contribution is -2.23. The fourth-order valence-corrected chi connectivity index (χ4v) is 2.67. The molecular formula is C16H20N2. The molecule has 1 aliphatic carbocycles. The van der Waals surface area contributed by atoms with Crippen LogP contribution >= 0.6 is 0 Å². The summed E-state index contributed by atoms with van der Waals surface area (Å²) in [6, 6.07) is 8.75. The molecule has 18 heavy (non-hydrogen) atoms. The molecule has 0 fully saturated rings. The van der Waals surface area contributed by atoms with E-state index in [1.54, 1.807) is 0 Å². The first-order valence-corrected chi connectivity index (χ1v) is 6.83. The molecule has 1 aliphatic rings. The minimum atomic E-state index is 0.823. The van der Waals surface area contributed by atoms with Gasteiger partial charge >= 0.3 is 0 Å². The molecule has 1 unspecified atom stereocenters. The van der Waals surface area contributed by atoms with Gasteiger partial charge in [-0.3, -0.25) is 0 Å². The summed E-state index contributed by atoms with van der Waals surface area (Å²) in [5.74, 6) is 0.823. The zero-order valence-corrected chi connectivity index (χ0v) is 10.7. The Hall–Kier alpha value is -1.54. The molecular weight excluding hydrogens is 220 g/mol. The molecule has 2 nitrogen and oxygen atoms in total. The van der Waals surface area contributed by atoms with Gasteiger partial charge in [0.15, 0.2) is 0 Å². The zero-order chi connectivity index (χ0) is 12.2. The standard InChI is InChI=1S/C16H20N2/c1-2-4-13(5-3-1)11-17-12-14-6-7-15-8-9-18-16(15)10-14/h1-2,6-10,13,17-18H,3-5,11-12H2. The maximum absolute atomic E-state index is 3.58. The number of hydrogen-bond donors (Lipinski definition) is 2. The molecule has 0 spiro atoms. The lowest BCUT2D eigenvalue weighted by molar-refractivity contribution is 0.440. The maximum Gasteiger partial charge on any atom is 0.0457 e. The molecule has 1 atom stereocenters. The number of hydrogen-bond acceptors (Lipinski definition) is 1. The van der Waals surface area contributed by atoms with Crippen molar-refractivity contribution in [2.75, 3.05) is 6.54 Å². The minimum absolute atomic E-state index is 0.823. The Morgan fingerprint density at radius 1 is 1.22 bits per heavy atom. The van der Waals surface area contributed by atoms with Crippen LogP contribution in [0.2, 0.25) is 0 Å². The highest BCUT2D eigenvalue weighted by Gasteiger charge is 2.08. The Morgan fingerprint density at radius 3 is 3.11 bits per heavy atom. The number of allylic oxidation sites excluding steroid dienone is 2. The van der Waals surface area contributed by atoms with Gasteiger partial charge in [0.25, 0.3) is 0 Å². The third-order valence-corrected chi connectivity index (χ3v) is 3.76. The van der Waals surface area contributed by atoms with Gasteiger partial charge in [0, 0.05) is 18.3 Å². The first-order chi connectivity index (χ1) is 8.92. The van der Waals surface area contributed by atoms with E-state index >= 15 is 0 Å². The van der Waals surface area contributed by atoms with Crippen LogP contribution in [0.5, 0.6) is 0 Å². The lowest BCUT2D eigenvalue weighted by atomic mass is 9.94. The van der Waals surface area contributed by atoms with E-state index in [4.69, 9.17) is 0 Å². The van der Waals surface area contributed by atoms with E-state index < -0.39 is 0 Å². The molecule has 0 saturated carbocycles. The van der Waals surface area contributed by atoms with Crippen molar-refractivity contribution < 1.29 is 0 Å². The van der Waals surface area contributed by atoms with E-state index in [2.05, 4.69) is 46.7 Å². The second kappa shape index (κ2) is 5.40. The van der Waals surface area contributed by atoms with Crippen molar-refractivity contribution in [3.63, 3.8) is 0 Å². The van der Waals surface area contributed by atoms with E-state index in [1.807, 2.05) is 6.20 Å². The van der Waals surface area contributed by atoms with Crippen molar-refractivity contribution in [3.05, 3.63) is 48.2 Å². The normalized spacial score (nSPS) is 19.4. The number of nitrogens with one attached hydrogen (secondary N) is 2. The molecule has 2 heteroatoms. The van der Waals surface area contributed by atoms with Crippen LogP contribution in [-0.4, -0.2) is 11.5 Å². The van der Waals surface area contributed by atoms with Crippen molar-refractivity contribution in [1.82, 2.24) is 10.3 Å². The van der Waals surface area contributed by atoms with Crippen LogP contribution in [-0.2, 0) is 6.54 Å². The van der Waals surface area contributed by atoms with E-state index in [0.29, 0.717) is 0 Å². The molecule has 1 heterocycles. The van der Waals surface area contributed by atoms with Gasteiger partial charge in [-0.25, -0.2) is 0 Å². The van der Waals surface area contributed by atoms with Gasteiger partial charge in [0.05, 0.1) is 0 Å². The summed E-state index contributed by atoms with van der Waals surface area (Å²) >= 11 is 0. The number of H-pyrrole nitrogens is 1.